The Labute approximate surface area is 177 Å². The van der Waals surface area contributed by atoms with Gasteiger partial charge in [0.05, 0.1) is 0 Å². The van der Waals surface area contributed by atoms with E-state index >= 15 is 0 Å². The van der Waals surface area contributed by atoms with Crippen molar-refractivity contribution in [3.63, 3.8) is 0 Å². The Balaban J connectivity index is 1.26. The minimum atomic E-state index is -0.541. The Hall–Kier alpha value is -2.21. The molecule has 0 spiro atoms. The molecule has 2 saturated carbocycles. The highest BCUT2D eigenvalue weighted by atomic mass is 16.2. The zero-order valence-corrected chi connectivity index (χ0v) is 17.5. The van der Waals surface area contributed by atoms with E-state index in [1.807, 2.05) is 6.07 Å². The van der Waals surface area contributed by atoms with Gasteiger partial charge >= 0.3 is 0 Å². The summed E-state index contributed by atoms with van der Waals surface area (Å²) in [7, 11) is 0. The molecule has 6 nitrogen and oxygen atoms in total. The fraction of sp³-hybridized carbons (Fsp3) is 0.625. The molecule has 1 aromatic rings. The normalized spacial score (nSPS) is 29.1. The van der Waals surface area contributed by atoms with Crippen LogP contribution in [0.4, 0.5) is 0 Å². The predicted molar refractivity (Wildman–Crippen MR) is 113 cm³/mol. The summed E-state index contributed by atoms with van der Waals surface area (Å²) in [6, 6.07) is 6.27. The number of fused-ring (bicyclic) bond motifs is 1. The smallest absolute Gasteiger partial charge is 0.255 e. The first-order valence-corrected chi connectivity index (χ1v) is 11.6. The van der Waals surface area contributed by atoms with Crippen LogP contribution in [0.3, 0.4) is 0 Å². The van der Waals surface area contributed by atoms with Crippen LogP contribution in [0.25, 0.3) is 0 Å². The number of hydrogen-bond donors (Lipinski definition) is 2. The first-order chi connectivity index (χ1) is 14.6. The predicted octanol–water partition coefficient (Wildman–Crippen LogP) is 2.55. The molecule has 1 unspecified atom stereocenters. The van der Waals surface area contributed by atoms with Crippen molar-refractivity contribution >= 4 is 17.7 Å². The highest BCUT2D eigenvalue weighted by molar-refractivity contribution is 6.05. The van der Waals surface area contributed by atoms with Gasteiger partial charge in [0, 0.05) is 24.6 Å². The number of carbonyl (C=O) groups excluding carboxylic acids is 3. The summed E-state index contributed by atoms with van der Waals surface area (Å²) in [6.07, 6.45) is 9.66. The average Bonchev–Trinajstić information content (AvgIpc) is 3.51. The van der Waals surface area contributed by atoms with Crippen molar-refractivity contribution in [1.29, 1.82) is 0 Å². The summed E-state index contributed by atoms with van der Waals surface area (Å²) in [6.45, 7) is 1.63. The summed E-state index contributed by atoms with van der Waals surface area (Å²) >= 11 is 0. The zero-order valence-electron chi connectivity index (χ0n) is 17.5. The Kier molecular flexibility index (Phi) is 5.35. The molecular weight excluding hydrogens is 378 g/mol. The fourth-order valence-electron chi connectivity index (χ4n) is 5.42. The molecule has 2 aliphatic carbocycles. The molecular formula is C24H31N3O3. The summed E-state index contributed by atoms with van der Waals surface area (Å²) in [5.41, 5.74) is 3.01. The number of rotatable bonds is 6. The van der Waals surface area contributed by atoms with E-state index in [9.17, 15) is 14.4 Å². The van der Waals surface area contributed by atoms with Gasteiger partial charge < -0.3 is 10.2 Å². The molecule has 1 saturated heterocycles. The molecule has 2 aliphatic heterocycles. The van der Waals surface area contributed by atoms with E-state index in [-0.39, 0.29) is 17.7 Å². The van der Waals surface area contributed by atoms with E-state index in [4.69, 9.17) is 0 Å². The van der Waals surface area contributed by atoms with Crippen LogP contribution < -0.4 is 10.6 Å². The molecule has 0 aromatic heterocycles. The molecule has 3 fully saturated rings. The Morgan fingerprint density at radius 2 is 1.87 bits per heavy atom. The minimum Gasteiger partial charge on any atom is -0.322 e. The Morgan fingerprint density at radius 1 is 1.03 bits per heavy atom. The second kappa shape index (κ2) is 8.14. The molecule has 30 heavy (non-hydrogen) atoms. The van der Waals surface area contributed by atoms with E-state index in [2.05, 4.69) is 22.8 Å². The Morgan fingerprint density at radius 3 is 2.67 bits per heavy atom. The molecule has 160 valence electrons. The number of carbonyl (C=O) groups is 3. The quantitative estimate of drug-likeness (QED) is 0.708. The topological polar surface area (TPSA) is 78.5 Å². The highest BCUT2D eigenvalue weighted by Gasteiger charge is 2.39. The average molecular weight is 410 g/mol. The number of hydrogen-bond acceptors (Lipinski definition) is 4. The second-order valence-electron chi connectivity index (χ2n) is 9.60. The third-order valence-electron chi connectivity index (χ3n) is 7.36. The maximum Gasteiger partial charge on any atom is 0.255 e. The first kappa shape index (κ1) is 19.7. The van der Waals surface area contributed by atoms with Gasteiger partial charge in [-0.1, -0.05) is 25.0 Å². The summed E-state index contributed by atoms with van der Waals surface area (Å²) in [4.78, 5) is 38.2. The number of piperidine rings is 1. The van der Waals surface area contributed by atoms with Crippen molar-refractivity contribution in [2.45, 2.75) is 76.4 Å². The van der Waals surface area contributed by atoms with E-state index in [0.29, 0.717) is 36.9 Å². The van der Waals surface area contributed by atoms with Crippen molar-refractivity contribution in [3.8, 4) is 0 Å². The van der Waals surface area contributed by atoms with Gasteiger partial charge in [-0.3, -0.25) is 19.7 Å². The number of amides is 3. The molecule has 0 bridgehead atoms. The van der Waals surface area contributed by atoms with Gasteiger partial charge in [-0.05, 0) is 74.1 Å². The second-order valence-corrected chi connectivity index (χ2v) is 9.60. The van der Waals surface area contributed by atoms with Crippen LogP contribution >= 0.6 is 0 Å². The standard InChI is InChI=1S/C24H31N3O3/c28-22-10-9-21(23(29)26-22)27-14-18-12-16(7-8-19(18)24(27)30)11-17-3-1-2-4-20(17)25-13-15-5-6-15/h7-8,12,15,17,20-21,25H,1-6,9-11,13-14H2,(H,26,28,29)/t17-,20+,21?/m1/s1. The van der Waals surface area contributed by atoms with E-state index < -0.39 is 6.04 Å². The van der Waals surface area contributed by atoms with Gasteiger partial charge in [-0.15, -0.1) is 0 Å². The lowest BCUT2D eigenvalue weighted by molar-refractivity contribution is -0.136. The Bertz CT molecular complexity index is 863. The lowest BCUT2D eigenvalue weighted by atomic mass is 9.80. The number of benzene rings is 1. The molecule has 0 radical (unpaired) electrons. The lowest BCUT2D eigenvalue weighted by Crippen LogP contribution is -2.52. The highest BCUT2D eigenvalue weighted by Crippen LogP contribution is 2.33. The van der Waals surface area contributed by atoms with Gasteiger partial charge in [0.15, 0.2) is 0 Å². The largest absolute Gasteiger partial charge is 0.322 e. The van der Waals surface area contributed by atoms with E-state index in [0.717, 1.165) is 17.9 Å². The van der Waals surface area contributed by atoms with Crippen LogP contribution in [-0.2, 0) is 22.6 Å². The molecule has 5 rings (SSSR count). The van der Waals surface area contributed by atoms with Crippen LogP contribution in [0.5, 0.6) is 0 Å². The van der Waals surface area contributed by atoms with Gasteiger partial charge in [-0.25, -0.2) is 0 Å². The van der Waals surface area contributed by atoms with Crippen LogP contribution in [0, 0.1) is 11.8 Å². The molecule has 3 atom stereocenters. The SMILES string of the molecule is O=C1CCC(N2Cc3cc(C[C@H]4CCCC[C@@H]4NCC4CC4)ccc3C2=O)C(=O)N1. The maximum absolute atomic E-state index is 12.9. The summed E-state index contributed by atoms with van der Waals surface area (Å²) in [5, 5.41) is 6.21. The molecule has 6 heteroatoms. The summed E-state index contributed by atoms with van der Waals surface area (Å²) < 4.78 is 0. The van der Waals surface area contributed by atoms with Crippen molar-refractivity contribution in [2.24, 2.45) is 11.8 Å². The number of imide groups is 1. The third kappa shape index (κ3) is 4.02. The van der Waals surface area contributed by atoms with Gasteiger partial charge in [0.1, 0.15) is 6.04 Å². The van der Waals surface area contributed by atoms with Crippen LogP contribution in [-0.4, -0.2) is 41.2 Å². The van der Waals surface area contributed by atoms with Gasteiger partial charge in [-0.2, -0.15) is 0 Å². The van der Waals surface area contributed by atoms with Gasteiger partial charge in [0.2, 0.25) is 11.8 Å². The van der Waals surface area contributed by atoms with Gasteiger partial charge in [0.25, 0.3) is 5.91 Å². The molecule has 2 N–H and O–H groups in total. The lowest BCUT2D eigenvalue weighted by Gasteiger charge is -2.32. The van der Waals surface area contributed by atoms with E-state index in [1.165, 1.54) is 50.6 Å². The molecule has 3 amide bonds. The van der Waals surface area contributed by atoms with Crippen LogP contribution in [0.2, 0.25) is 0 Å². The molecule has 1 aromatic carbocycles. The molecule has 4 aliphatic rings. The monoisotopic (exact) mass is 409 g/mol. The fourth-order valence-corrected chi connectivity index (χ4v) is 5.42. The van der Waals surface area contributed by atoms with Crippen molar-refractivity contribution in [2.75, 3.05) is 6.54 Å². The number of nitrogens with zero attached hydrogens (tertiary/aromatic N) is 1. The maximum atomic E-state index is 12.9. The van der Waals surface area contributed by atoms with Crippen molar-refractivity contribution < 1.29 is 14.4 Å². The van der Waals surface area contributed by atoms with Crippen LogP contribution in [0.15, 0.2) is 18.2 Å². The summed E-state index contributed by atoms with van der Waals surface area (Å²) in [5.74, 6) is 0.864. The molecule has 2 heterocycles. The van der Waals surface area contributed by atoms with Crippen molar-refractivity contribution in [3.05, 3.63) is 34.9 Å². The third-order valence-corrected chi connectivity index (χ3v) is 7.36. The first-order valence-electron chi connectivity index (χ1n) is 11.6. The van der Waals surface area contributed by atoms with E-state index in [1.54, 1.807) is 4.90 Å². The minimum absolute atomic E-state index is 0.0901. The van der Waals surface area contributed by atoms with Crippen LogP contribution in [0.1, 0.15) is 72.9 Å². The number of nitrogens with one attached hydrogen (secondary N) is 2. The van der Waals surface area contributed by atoms with Crippen molar-refractivity contribution in [1.82, 2.24) is 15.5 Å². The zero-order chi connectivity index (χ0) is 20.7.